The number of aryl methyl sites for hydroxylation is 1. The fourth-order valence-electron chi connectivity index (χ4n) is 1.49. The SMILES string of the molecule is Cc1cc(OS(=O)(=O)C(F)(F)F)ccc1-c1cscn1. The monoisotopic (exact) mass is 323 g/mol. The Morgan fingerprint density at radius 2 is 2.00 bits per heavy atom. The predicted molar refractivity (Wildman–Crippen MR) is 67.9 cm³/mol. The maximum absolute atomic E-state index is 12.2. The molecule has 1 heterocycles. The molecule has 0 aliphatic carbocycles. The largest absolute Gasteiger partial charge is 0.534 e. The van der Waals surface area contributed by atoms with Crippen molar-refractivity contribution in [1.29, 1.82) is 0 Å². The van der Waals surface area contributed by atoms with E-state index in [2.05, 4.69) is 9.17 Å². The third kappa shape index (κ3) is 2.93. The number of nitrogens with zero attached hydrogens (tertiary/aromatic N) is 1. The lowest BCUT2D eigenvalue weighted by molar-refractivity contribution is -0.0500. The summed E-state index contributed by atoms with van der Waals surface area (Å²) in [5.41, 5.74) is -1.91. The minimum Gasteiger partial charge on any atom is -0.376 e. The molecule has 0 atom stereocenters. The summed E-state index contributed by atoms with van der Waals surface area (Å²) in [6.07, 6.45) is 0. The maximum atomic E-state index is 12.2. The van der Waals surface area contributed by atoms with E-state index in [4.69, 9.17) is 0 Å². The lowest BCUT2D eigenvalue weighted by Crippen LogP contribution is -2.28. The number of benzene rings is 1. The van der Waals surface area contributed by atoms with E-state index in [0.717, 1.165) is 6.07 Å². The van der Waals surface area contributed by atoms with Crippen molar-refractivity contribution in [2.75, 3.05) is 0 Å². The third-order valence-corrected chi connectivity index (χ3v) is 3.96. The smallest absolute Gasteiger partial charge is 0.376 e. The van der Waals surface area contributed by atoms with Gasteiger partial charge in [0.05, 0.1) is 11.2 Å². The van der Waals surface area contributed by atoms with Crippen LogP contribution in [0.4, 0.5) is 13.2 Å². The molecule has 0 unspecified atom stereocenters. The van der Waals surface area contributed by atoms with Gasteiger partial charge in [0.2, 0.25) is 0 Å². The first-order chi connectivity index (χ1) is 9.21. The summed E-state index contributed by atoms with van der Waals surface area (Å²) in [6, 6.07) is 3.84. The number of alkyl halides is 3. The van der Waals surface area contributed by atoms with Crippen molar-refractivity contribution < 1.29 is 25.8 Å². The van der Waals surface area contributed by atoms with Gasteiger partial charge in [0.15, 0.2) is 0 Å². The molecule has 108 valence electrons. The average molecular weight is 323 g/mol. The van der Waals surface area contributed by atoms with Crippen molar-refractivity contribution >= 4 is 21.5 Å². The molecule has 20 heavy (non-hydrogen) atoms. The van der Waals surface area contributed by atoms with E-state index in [-0.39, 0.29) is 5.75 Å². The standard InChI is InChI=1S/C11H8F3NO3S2/c1-7-4-8(18-20(16,17)11(12,13)14)2-3-9(7)10-5-19-6-15-10/h2-6H,1H3. The molecule has 0 amide bonds. The normalized spacial score (nSPS) is 12.4. The van der Waals surface area contributed by atoms with Gasteiger partial charge >= 0.3 is 15.6 Å². The minimum atomic E-state index is -5.65. The Balaban J connectivity index is 2.32. The molecule has 0 bridgehead atoms. The second kappa shape index (κ2) is 5.06. The first-order valence-corrected chi connectivity index (χ1v) is 7.56. The minimum absolute atomic E-state index is 0.390. The Hall–Kier alpha value is -1.61. The van der Waals surface area contributed by atoms with Crippen LogP contribution < -0.4 is 4.18 Å². The van der Waals surface area contributed by atoms with Crippen molar-refractivity contribution in [3.8, 4) is 17.0 Å². The van der Waals surface area contributed by atoms with E-state index >= 15 is 0 Å². The molecule has 0 N–H and O–H groups in total. The molecule has 9 heteroatoms. The molecular formula is C11H8F3NO3S2. The van der Waals surface area contributed by atoms with Crippen molar-refractivity contribution in [2.24, 2.45) is 0 Å². The average Bonchev–Trinajstić information content (AvgIpc) is 2.80. The molecule has 0 radical (unpaired) electrons. The van der Waals surface area contributed by atoms with Crippen LogP contribution >= 0.6 is 11.3 Å². The zero-order chi connectivity index (χ0) is 15.0. The lowest BCUT2D eigenvalue weighted by atomic mass is 10.1. The summed E-state index contributed by atoms with van der Waals surface area (Å²) >= 11 is 1.37. The first kappa shape index (κ1) is 14.8. The molecule has 0 saturated carbocycles. The molecule has 0 saturated heterocycles. The molecular weight excluding hydrogens is 315 g/mol. The Bertz CT molecular complexity index is 709. The molecule has 0 fully saturated rings. The molecule has 1 aromatic carbocycles. The van der Waals surface area contributed by atoms with Crippen LogP contribution in [0.3, 0.4) is 0 Å². The molecule has 0 aliphatic heterocycles. The molecule has 0 spiro atoms. The summed E-state index contributed by atoms with van der Waals surface area (Å²) in [5, 5.41) is 1.77. The van der Waals surface area contributed by atoms with Crippen LogP contribution in [0, 0.1) is 6.92 Å². The molecule has 4 nitrogen and oxygen atoms in total. The lowest BCUT2D eigenvalue weighted by Gasteiger charge is -2.11. The zero-order valence-electron chi connectivity index (χ0n) is 10.0. The van der Waals surface area contributed by atoms with Crippen LogP contribution in [0.15, 0.2) is 29.1 Å². The van der Waals surface area contributed by atoms with E-state index in [1.54, 1.807) is 17.8 Å². The van der Waals surface area contributed by atoms with Crippen molar-refractivity contribution in [2.45, 2.75) is 12.4 Å². The van der Waals surface area contributed by atoms with Gasteiger partial charge < -0.3 is 4.18 Å². The first-order valence-electron chi connectivity index (χ1n) is 5.21. The van der Waals surface area contributed by atoms with Gasteiger partial charge in [-0.05, 0) is 30.7 Å². The van der Waals surface area contributed by atoms with Crippen LogP contribution in [0.25, 0.3) is 11.3 Å². The summed E-state index contributed by atoms with van der Waals surface area (Å²) in [7, 11) is -5.65. The third-order valence-electron chi connectivity index (χ3n) is 2.40. The zero-order valence-corrected chi connectivity index (χ0v) is 11.6. The van der Waals surface area contributed by atoms with E-state index in [1.165, 1.54) is 23.5 Å². The number of halogens is 3. The quantitative estimate of drug-likeness (QED) is 0.642. The van der Waals surface area contributed by atoms with Crippen molar-refractivity contribution in [3.63, 3.8) is 0 Å². The van der Waals surface area contributed by atoms with Crippen LogP contribution in [0.2, 0.25) is 0 Å². The van der Waals surface area contributed by atoms with Crippen LogP contribution in [0.5, 0.6) is 5.75 Å². The van der Waals surface area contributed by atoms with Gasteiger partial charge in [0.25, 0.3) is 0 Å². The second-order valence-electron chi connectivity index (χ2n) is 3.83. The number of hydrogen-bond acceptors (Lipinski definition) is 5. The summed E-state index contributed by atoms with van der Waals surface area (Å²) in [5.74, 6) is -0.390. The molecule has 1 aromatic heterocycles. The number of thiazole rings is 1. The predicted octanol–water partition coefficient (Wildman–Crippen LogP) is 3.35. The summed E-state index contributed by atoms with van der Waals surface area (Å²) < 4.78 is 62.4. The highest BCUT2D eigenvalue weighted by Gasteiger charge is 2.48. The van der Waals surface area contributed by atoms with Gasteiger partial charge in [-0.3, -0.25) is 0 Å². The topological polar surface area (TPSA) is 56.3 Å². The summed E-state index contributed by atoms with van der Waals surface area (Å²) in [4.78, 5) is 4.07. The van der Waals surface area contributed by atoms with Gasteiger partial charge in [0, 0.05) is 10.9 Å². The maximum Gasteiger partial charge on any atom is 0.534 e. The molecule has 2 rings (SSSR count). The van der Waals surface area contributed by atoms with Gasteiger partial charge in [-0.15, -0.1) is 11.3 Å². The fourth-order valence-corrected chi connectivity index (χ4v) is 2.50. The Kier molecular flexibility index (Phi) is 3.74. The van der Waals surface area contributed by atoms with E-state index in [0.29, 0.717) is 16.8 Å². The van der Waals surface area contributed by atoms with E-state index in [9.17, 15) is 21.6 Å². The van der Waals surface area contributed by atoms with Crippen molar-refractivity contribution in [3.05, 3.63) is 34.7 Å². The van der Waals surface area contributed by atoms with E-state index < -0.39 is 15.6 Å². The number of rotatable bonds is 3. The molecule has 0 aliphatic rings. The molecule has 2 aromatic rings. The fraction of sp³-hybridized carbons (Fsp3) is 0.182. The Labute approximate surface area is 117 Å². The van der Waals surface area contributed by atoms with Gasteiger partial charge in [-0.2, -0.15) is 21.6 Å². The number of aromatic nitrogens is 1. The highest BCUT2D eigenvalue weighted by molar-refractivity contribution is 7.88. The van der Waals surface area contributed by atoms with Gasteiger partial charge in [-0.25, -0.2) is 4.98 Å². The highest BCUT2D eigenvalue weighted by Crippen LogP contribution is 2.30. The second-order valence-corrected chi connectivity index (χ2v) is 6.09. The highest BCUT2D eigenvalue weighted by atomic mass is 32.2. The van der Waals surface area contributed by atoms with Gasteiger partial charge in [0.1, 0.15) is 5.75 Å². The van der Waals surface area contributed by atoms with Crippen molar-refractivity contribution in [1.82, 2.24) is 4.98 Å². The van der Waals surface area contributed by atoms with Crippen LogP contribution in [-0.4, -0.2) is 18.9 Å². The Morgan fingerprint density at radius 1 is 1.30 bits per heavy atom. The van der Waals surface area contributed by atoms with Crippen LogP contribution in [0.1, 0.15) is 5.56 Å². The summed E-state index contributed by atoms with van der Waals surface area (Å²) in [6.45, 7) is 1.63. The Morgan fingerprint density at radius 3 is 2.50 bits per heavy atom. The van der Waals surface area contributed by atoms with Gasteiger partial charge in [-0.1, -0.05) is 0 Å². The number of hydrogen-bond donors (Lipinski definition) is 0. The van der Waals surface area contributed by atoms with E-state index in [1.807, 2.05) is 0 Å². The van der Waals surface area contributed by atoms with Crippen LogP contribution in [-0.2, 0) is 10.1 Å².